The van der Waals surface area contributed by atoms with Crippen LogP contribution in [0.1, 0.15) is 19.4 Å². The van der Waals surface area contributed by atoms with Gasteiger partial charge in [-0.3, -0.25) is 10.4 Å². The normalized spacial score (nSPS) is 11.5. The van der Waals surface area contributed by atoms with Crippen molar-refractivity contribution in [1.29, 1.82) is 0 Å². The van der Waals surface area contributed by atoms with Crippen molar-refractivity contribution in [1.82, 2.24) is 10.7 Å². The van der Waals surface area contributed by atoms with Gasteiger partial charge in [0.1, 0.15) is 5.75 Å². The number of rotatable bonds is 5. The van der Waals surface area contributed by atoms with Gasteiger partial charge in [-0.25, -0.2) is 5.84 Å². The Bertz CT molecular complexity index is 373. The van der Waals surface area contributed by atoms with Crippen molar-refractivity contribution >= 4 is 5.96 Å². The van der Waals surface area contributed by atoms with Gasteiger partial charge < -0.3 is 10.1 Å². The Morgan fingerprint density at radius 1 is 1.33 bits per heavy atom. The fourth-order valence-electron chi connectivity index (χ4n) is 1.50. The van der Waals surface area contributed by atoms with E-state index in [-0.39, 0.29) is 0 Å². The summed E-state index contributed by atoms with van der Waals surface area (Å²) >= 11 is 0. The van der Waals surface area contributed by atoms with Crippen LogP contribution < -0.4 is 21.3 Å². The number of hydrogen-bond donors (Lipinski definition) is 3. The molecule has 0 aliphatic heterocycles. The monoisotopic (exact) mass is 250 g/mol. The molecule has 0 saturated heterocycles. The van der Waals surface area contributed by atoms with E-state index in [2.05, 4.69) is 15.7 Å². The number of hydrogen-bond acceptors (Lipinski definition) is 3. The quantitative estimate of drug-likeness (QED) is 0.316. The second-order valence-corrected chi connectivity index (χ2v) is 4.27. The molecule has 0 unspecified atom stereocenters. The first-order chi connectivity index (χ1) is 8.65. The SMILES string of the molecule is COc1ccc(CCN=C(NN)NC(C)C)cc1. The predicted molar refractivity (Wildman–Crippen MR) is 74.6 cm³/mol. The molecule has 1 aromatic carbocycles. The Hall–Kier alpha value is -1.75. The largest absolute Gasteiger partial charge is 0.497 e. The summed E-state index contributed by atoms with van der Waals surface area (Å²) in [5, 5.41) is 3.13. The van der Waals surface area contributed by atoms with Crippen LogP contribution in [0.3, 0.4) is 0 Å². The second kappa shape index (κ2) is 7.55. The topological polar surface area (TPSA) is 71.7 Å². The molecule has 0 atom stereocenters. The van der Waals surface area contributed by atoms with E-state index in [1.807, 2.05) is 38.1 Å². The Balaban J connectivity index is 2.45. The molecule has 0 bridgehead atoms. The lowest BCUT2D eigenvalue weighted by molar-refractivity contribution is 0.414. The molecule has 1 rings (SSSR count). The zero-order valence-corrected chi connectivity index (χ0v) is 11.2. The number of guanidine groups is 1. The lowest BCUT2D eigenvalue weighted by Crippen LogP contribution is -2.44. The first-order valence-corrected chi connectivity index (χ1v) is 6.06. The Morgan fingerprint density at radius 2 is 2.00 bits per heavy atom. The van der Waals surface area contributed by atoms with Gasteiger partial charge in [0, 0.05) is 12.6 Å². The smallest absolute Gasteiger partial charge is 0.205 e. The van der Waals surface area contributed by atoms with Crippen LogP contribution in [-0.4, -0.2) is 25.7 Å². The Morgan fingerprint density at radius 3 is 2.50 bits per heavy atom. The molecule has 0 aromatic heterocycles. The highest BCUT2D eigenvalue weighted by atomic mass is 16.5. The average Bonchev–Trinajstić information content (AvgIpc) is 2.38. The first-order valence-electron chi connectivity index (χ1n) is 6.06. The minimum absolute atomic E-state index is 0.306. The molecule has 0 amide bonds. The summed E-state index contributed by atoms with van der Waals surface area (Å²) in [6.45, 7) is 4.76. The molecule has 0 radical (unpaired) electrons. The van der Waals surface area contributed by atoms with Crippen molar-refractivity contribution in [3.8, 4) is 5.75 Å². The molecule has 0 aliphatic carbocycles. The number of ether oxygens (including phenoxy) is 1. The van der Waals surface area contributed by atoms with Gasteiger partial charge >= 0.3 is 0 Å². The molecule has 0 aliphatic rings. The van der Waals surface area contributed by atoms with Crippen LogP contribution in [-0.2, 0) is 6.42 Å². The van der Waals surface area contributed by atoms with Crippen molar-refractivity contribution in [2.75, 3.05) is 13.7 Å². The molecule has 0 spiro atoms. The second-order valence-electron chi connectivity index (χ2n) is 4.27. The molecular weight excluding hydrogens is 228 g/mol. The Kier molecular flexibility index (Phi) is 6.00. The molecular formula is C13H22N4O. The number of nitrogens with two attached hydrogens (primary N) is 1. The Labute approximate surface area is 108 Å². The lowest BCUT2D eigenvalue weighted by Gasteiger charge is -2.11. The summed E-state index contributed by atoms with van der Waals surface area (Å²) in [5.41, 5.74) is 3.78. The lowest BCUT2D eigenvalue weighted by atomic mass is 10.1. The van der Waals surface area contributed by atoms with Gasteiger partial charge in [0.15, 0.2) is 0 Å². The van der Waals surface area contributed by atoms with Crippen molar-refractivity contribution < 1.29 is 4.74 Å². The van der Waals surface area contributed by atoms with Crippen LogP contribution in [0.15, 0.2) is 29.3 Å². The zero-order chi connectivity index (χ0) is 13.4. The van der Waals surface area contributed by atoms with Crippen LogP contribution in [0.4, 0.5) is 0 Å². The number of benzene rings is 1. The average molecular weight is 250 g/mol. The van der Waals surface area contributed by atoms with Gasteiger partial charge in [-0.1, -0.05) is 12.1 Å². The van der Waals surface area contributed by atoms with Gasteiger partial charge in [-0.15, -0.1) is 0 Å². The van der Waals surface area contributed by atoms with E-state index in [4.69, 9.17) is 10.6 Å². The summed E-state index contributed by atoms with van der Waals surface area (Å²) in [6.07, 6.45) is 0.870. The van der Waals surface area contributed by atoms with E-state index in [9.17, 15) is 0 Å². The molecule has 5 heteroatoms. The van der Waals surface area contributed by atoms with E-state index < -0.39 is 0 Å². The minimum atomic E-state index is 0.306. The van der Waals surface area contributed by atoms with Gasteiger partial charge in [0.05, 0.1) is 7.11 Å². The maximum Gasteiger partial charge on any atom is 0.205 e. The highest BCUT2D eigenvalue weighted by Gasteiger charge is 1.98. The van der Waals surface area contributed by atoms with Gasteiger partial charge in [-0.05, 0) is 38.0 Å². The fourth-order valence-corrected chi connectivity index (χ4v) is 1.50. The standard InChI is InChI=1S/C13H22N4O/c1-10(2)16-13(17-14)15-9-8-11-4-6-12(18-3)7-5-11/h4-7,10H,8-9,14H2,1-3H3,(H2,15,16,17). The van der Waals surface area contributed by atoms with E-state index in [1.165, 1.54) is 5.56 Å². The van der Waals surface area contributed by atoms with Crippen LogP contribution in [0, 0.1) is 0 Å². The molecule has 5 nitrogen and oxygen atoms in total. The van der Waals surface area contributed by atoms with Crippen molar-refractivity contribution in [3.63, 3.8) is 0 Å². The van der Waals surface area contributed by atoms with Crippen molar-refractivity contribution in [2.45, 2.75) is 26.3 Å². The number of nitrogens with one attached hydrogen (secondary N) is 2. The maximum absolute atomic E-state index is 5.38. The minimum Gasteiger partial charge on any atom is -0.497 e. The predicted octanol–water partition coefficient (Wildman–Crippen LogP) is 1.06. The fraction of sp³-hybridized carbons (Fsp3) is 0.462. The summed E-state index contributed by atoms with van der Waals surface area (Å²) < 4.78 is 5.11. The molecule has 0 fully saturated rings. The first kappa shape index (κ1) is 14.3. The third kappa shape index (κ3) is 5.05. The third-order valence-corrected chi connectivity index (χ3v) is 2.39. The summed E-state index contributed by atoms with van der Waals surface area (Å²) in [6, 6.07) is 8.29. The molecule has 0 heterocycles. The molecule has 4 N–H and O–H groups in total. The highest BCUT2D eigenvalue weighted by molar-refractivity contribution is 5.79. The van der Waals surface area contributed by atoms with Gasteiger partial charge in [-0.2, -0.15) is 0 Å². The highest BCUT2D eigenvalue weighted by Crippen LogP contribution is 2.11. The number of methoxy groups -OCH3 is 1. The van der Waals surface area contributed by atoms with Crippen LogP contribution >= 0.6 is 0 Å². The molecule has 100 valence electrons. The van der Waals surface area contributed by atoms with Gasteiger partial charge in [0.25, 0.3) is 0 Å². The molecule has 18 heavy (non-hydrogen) atoms. The van der Waals surface area contributed by atoms with Gasteiger partial charge in [0.2, 0.25) is 5.96 Å². The maximum atomic E-state index is 5.38. The third-order valence-electron chi connectivity index (χ3n) is 2.39. The van der Waals surface area contributed by atoms with Crippen LogP contribution in [0.25, 0.3) is 0 Å². The molecule has 0 saturated carbocycles. The van der Waals surface area contributed by atoms with E-state index in [0.717, 1.165) is 12.2 Å². The van der Waals surface area contributed by atoms with Crippen LogP contribution in [0.5, 0.6) is 5.75 Å². The zero-order valence-electron chi connectivity index (χ0n) is 11.2. The summed E-state index contributed by atoms with van der Waals surface area (Å²) in [7, 11) is 1.66. The van der Waals surface area contributed by atoms with Crippen molar-refractivity contribution in [2.24, 2.45) is 10.8 Å². The molecule has 1 aromatic rings. The van der Waals surface area contributed by atoms with Crippen molar-refractivity contribution in [3.05, 3.63) is 29.8 Å². The van der Waals surface area contributed by atoms with E-state index in [1.54, 1.807) is 7.11 Å². The van der Waals surface area contributed by atoms with Crippen LogP contribution in [0.2, 0.25) is 0 Å². The summed E-state index contributed by atoms with van der Waals surface area (Å²) in [5.74, 6) is 6.87. The number of nitrogens with zero attached hydrogens (tertiary/aromatic N) is 1. The van der Waals surface area contributed by atoms with E-state index >= 15 is 0 Å². The number of aliphatic imine (C=N–C) groups is 1. The van der Waals surface area contributed by atoms with E-state index in [0.29, 0.717) is 18.5 Å². The summed E-state index contributed by atoms with van der Waals surface area (Å²) in [4.78, 5) is 4.36. The number of hydrazine groups is 1.